The fourth-order valence-corrected chi connectivity index (χ4v) is 2.31. The van der Waals surface area contributed by atoms with Crippen LogP contribution in [0.3, 0.4) is 0 Å². The molecule has 17 heavy (non-hydrogen) atoms. The van der Waals surface area contributed by atoms with Crippen LogP contribution in [0.15, 0.2) is 54.0 Å². The number of hydrogen-bond donors (Lipinski definition) is 0. The van der Waals surface area contributed by atoms with Crippen molar-refractivity contribution in [3.05, 3.63) is 66.2 Å². The van der Waals surface area contributed by atoms with Crippen LogP contribution >= 0.6 is 11.3 Å². The van der Waals surface area contributed by atoms with Gasteiger partial charge in [0.25, 0.3) is 0 Å². The molecule has 3 rings (SSSR count). The fourth-order valence-electron chi connectivity index (χ4n) is 1.58. The van der Waals surface area contributed by atoms with Crippen LogP contribution in [0.1, 0.15) is 5.56 Å². The van der Waals surface area contributed by atoms with Gasteiger partial charge in [-0.05, 0) is 29.8 Å². The molecule has 0 aliphatic carbocycles. The molecule has 0 saturated heterocycles. The number of rotatable bonds is 3. The van der Waals surface area contributed by atoms with Crippen LogP contribution in [0.2, 0.25) is 0 Å². The van der Waals surface area contributed by atoms with E-state index in [4.69, 9.17) is 4.74 Å². The molecule has 2 aromatic carbocycles. The third kappa shape index (κ3) is 2.29. The fraction of sp³-hybridized carbons (Fsp3) is 0. The van der Waals surface area contributed by atoms with Gasteiger partial charge in [-0.15, -0.1) is 11.3 Å². The van der Waals surface area contributed by atoms with E-state index in [9.17, 15) is 0 Å². The summed E-state index contributed by atoms with van der Waals surface area (Å²) in [7, 11) is 0. The maximum Gasteiger partial charge on any atom is 0.165 e. The Morgan fingerprint density at radius 2 is 1.94 bits per heavy atom. The second-order valence-electron chi connectivity index (χ2n) is 3.63. The zero-order chi connectivity index (χ0) is 11.5. The molecule has 1 aromatic heterocycles. The van der Waals surface area contributed by atoms with Crippen LogP contribution in [0, 0.1) is 6.61 Å². The minimum atomic E-state index is 0.844. The Hall–Kier alpha value is -1.87. The van der Waals surface area contributed by atoms with Gasteiger partial charge in [-0.3, -0.25) is 0 Å². The van der Waals surface area contributed by atoms with Crippen molar-refractivity contribution in [2.75, 3.05) is 0 Å². The summed E-state index contributed by atoms with van der Waals surface area (Å²) in [5.74, 6) is 0.844. The molecule has 0 saturated carbocycles. The Morgan fingerprint density at radius 1 is 1.06 bits per heavy atom. The molecule has 0 aliphatic rings. The molecular weight excluding hydrogens is 230 g/mol. The van der Waals surface area contributed by atoms with Gasteiger partial charge in [0.1, 0.15) is 5.75 Å². The molecule has 2 nitrogen and oxygen atoms in total. The van der Waals surface area contributed by atoms with Gasteiger partial charge < -0.3 is 4.74 Å². The van der Waals surface area contributed by atoms with Crippen LogP contribution in [0.5, 0.6) is 5.75 Å². The van der Waals surface area contributed by atoms with Crippen molar-refractivity contribution in [1.82, 2.24) is 4.98 Å². The van der Waals surface area contributed by atoms with Gasteiger partial charge in [0.05, 0.1) is 15.7 Å². The summed E-state index contributed by atoms with van der Waals surface area (Å²) in [6, 6.07) is 15.8. The third-order valence-corrected chi connectivity index (χ3v) is 3.22. The first-order valence-corrected chi connectivity index (χ1v) is 6.18. The molecule has 0 spiro atoms. The van der Waals surface area contributed by atoms with Crippen molar-refractivity contribution in [3.63, 3.8) is 0 Å². The van der Waals surface area contributed by atoms with E-state index in [1.165, 1.54) is 4.70 Å². The Morgan fingerprint density at radius 3 is 2.82 bits per heavy atom. The number of hydrogen-bond acceptors (Lipinski definition) is 3. The van der Waals surface area contributed by atoms with Crippen molar-refractivity contribution in [2.24, 2.45) is 0 Å². The van der Waals surface area contributed by atoms with Gasteiger partial charge >= 0.3 is 0 Å². The lowest BCUT2D eigenvalue weighted by Crippen LogP contribution is -1.91. The van der Waals surface area contributed by atoms with Crippen LogP contribution in [0.25, 0.3) is 10.2 Å². The highest BCUT2D eigenvalue weighted by Gasteiger charge is 2.00. The number of para-hydroxylation sites is 1. The Labute approximate surface area is 104 Å². The van der Waals surface area contributed by atoms with Crippen LogP contribution in [-0.4, -0.2) is 4.98 Å². The molecule has 3 heteroatoms. The first-order valence-electron chi connectivity index (χ1n) is 5.30. The van der Waals surface area contributed by atoms with Gasteiger partial charge in [0, 0.05) is 0 Å². The van der Waals surface area contributed by atoms with E-state index in [1.807, 2.05) is 48.0 Å². The Kier molecular flexibility index (Phi) is 2.76. The van der Waals surface area contributed by atoms with E-state index in [0.717, 1.165) is 16.8 Å². The number of ether oxygens (including phenoxy) is 1. The highest BCUT2D eigenvalue weighted by atomic mass is 32.1. The highest BCUT2D eigenvalue weighted by molar-refractivity contribution is 7.16. The lowest BCUT2D eigenvalue weighted by Gasteiger charge is -2.04. The van der Waals surface area contributed by atoms with Crippen LogP contribution in [-0.2, 0) is 0 Å². The second-order valence-corrected chi connectivity index (χ2v) is 4.51. The molecule has 83 valence electrons. The largest absolute Gasteiger partial charge is 0.481 e. The first kappa shape index (κ1) is 10.3. The molecule has 1 heterocycles. The van der Waals surface area contributed by atoms with E-state index in [1.54, 1.807) is 17.9 Å². The first-order chi connectivity index (χ1) is 8.42. The molecule has 0 fully saturated rings. The van der Waals surface area contributed by atoms with Crippen LogP contribution in [0.4, 0.5) is 0 Å². The predicted molar refractivity (Wildman–Crippen MR) is 70.1 cm³/mol. The zero-order valence-electron chi connectivity index (χ0n) is 9.04. The third-order valence-electron chi connectivity index (χ3n) is 2.43. The molecule has 0 bridgehead atoms. The summed E-state index contributed by atoms with van der Waals surface area (Å²) >= 11 is 1.64. The summed E-state index contributed by atoms with van der Waals surface area (Å²) in [5.41, 5.74) is 3.93. The smallest absolute Gasteiger partial charge is 0.165 e. The molecule has 0 aliphatic heterocycles. The maximum atomic E-state index is 5.58. The number of aromatic nitrogens is 1. The minimum absolute atomic E-state index is 0.844. The molecule has 0 unspecified atom stereocenters. The van der Waals surface area contributed by atoms with Crippen molar-refractivity contribution in [1.29, 1.82) is 0 Å². The summed E-state index contributed by atoms with van der Waals surface area (Å²) in [4.78, 5) is 4.24. The molecule has 0 N–H and O–H groups in total. The number of benzene rings is 2. The average molecular weight is 240 g/mol. The van der Waals surface area contributed by atoms with E-state index < -0.39 is 0 Å². The quantitative estimate of drug-likeness (QED) is 0.693. The number of thiazole rings is 1. The van der Waals surface area contributed by atoms with Crippen molar-refractivity contribution >= 4 is 21.6 Å². The van der Waals surface area contributed by atoms with E-state index in [-0.39, 0.29) is 0 Å². The van der Waals surface area contributed by atoms with Gasteiger partial charge in [0.15, 0.2) is 6.61 Å². The number of fused-ring (bicyclic) bond motifs is 1. The van der Waals surface area contributed by atoms with E-state index in [2.05, 4.69) is 11.1 Å². The summed E-state index contributed by atoms with van der Waals surface area (Å²) in [6.45, 7) is 1.76. The molecule has 3 aromatic rings. The minimum Gasteiger partial charge on any atom is -0.481 e. The monoisotopic (exact) mass is 240 g/mol. The summed E-state index contributed by atoms with van der Waals surface area (Å²) < 4.78 is 6.75. The second kappa shape index (κ2) is 4.55. The van der Waals surface area contributed by atoms with Gasteiger partial charge in [-0.2, -0.15) is 0 Å². The summed E-state index contributed by atoms with van der Waals surface area (Å²) in [6.07, 6.45) is 0. The topological polar surface area (TPSA) is 22.1 Å². The SMILES string of the molecule is [CH](Oc1ccccc1)c1ccc2ncsc2c1. The van der Waals surface area contributed by atoms with E-state index in [0.29, 0.717) is 0 Å². The standard InChI is InChI=1S/C14H10NOS/c1-2-4-12(5-3-1)16-9-11-6-7-13-14(8-11)17-10-15-13/h1-10H. The Bertz CT molecular complexity index is 618. The van der Waals surface area contributed by atoms with Crippen molar-refractivity contribution in [3.8, 4) is 5.75 Å². The normalized spacial score (nSPS) is 10.6. The lowest BCUT2D eigenvalue weighted by molar-refractivity contribution is 0.429. The molecule has 0 atom stereocenters. The molecular formula is C14H10NOS. The van der Waals surface area contributed by atoms with Crippen LogP contribution < -0.4 is 4.74 Å². The van der Waals surface area contributed by atoms with Crippen molar-refractivity contribution in [2.45, 2.75) is 0 Å². The zero-order valence-corrected chi connectivity index (χ0v) is 9.85. The maximum absolute atomic E-state index is 5.58. The van der Waals surface area contributed by atoms with Crippen molar-refractivity contribution < 1.29 is 4.74 Å². The summed E-state index contributed by atoms with van der Waals surface area (Å²) in [5, 5.41) is 0. The lowest BCUT2D eigenvalue weighted by atomic mass is 10.2. The van der Waals surface area contributed by atoms with Gasteiger partial charge in [-0.25, -0.2) is 4.98 Å². The Balaban J connectivity index is 1.76. The van der Waals surface area contributed by atoms with E-state index >= 15 is 0 Å². The van der Waals surface area contributed by atoms with Gasteiger partial charge in [-0.1, -0.05) is 24.3 Å². The molecule has 0 amide bonds. The van der Waals surface area contributed by atoms with Gasteiger partial charge in [0.2, 0.25) is 0 Å². The highest BCUT2D eigenvalue weighted by Crippen LogP contribution is 2.21. The number of nitrogens with zero attached hydrogens (tertiary/aromatic N) is 1. The average Bonchev–Trinajstić information content (AvgIpc) is 2.85. The molecule has 1 radical (unpaired) electrons. The predicted octanol–water partition coefficient (Wildman–Crippen LogP) is 3.89.